The molecule has 4 unspecified atom stereocenters. The Morgan fingerprint density at radius 1 is 1.29 bits per heavy atom. The highest BCUT2D eigenvalue weighted by Gasteiger charge is 2.42. The lowest BCUT2D eigenvalue weighted by atomic mass is 9.84. The number of fused-ring (bicyclic) bond motifs is 3. The molecule has 2 aliphatic carbocycles. The number of imidazole rings is 1. The van der Waals surface area contributed by atoms with Crippen molar-refractivity contribution in [2.24, 2.45) is 17.8 Å². The summed E-state index contributed by atoms with van der Waals surface area (Å²) in [7, 11) is 0. The van der Waals surface area contributed by atoms with Crippen LogP contribution in [0.25, 0.3) is 11.0 Å². The van der Waals surface area contributed by atoms with Crippen LogP contribution in [0, 0.1) is 29.4 Å². The summed E-state index contributed by atoms with van der Waals surface area (Å²) < 4.78 is 29.2. The fourth-order valence-electron chi connectivity index (χ4n) is 4.64. The van der Waals surface area contributed by atoms with Crippen LogP contribution in [0.3, 0.4) is 0 Å². The van der Waals surface area contributed by atoms with Crippen molar-refractivity contribution in [3.8, 4) is 0 Å². The molecule has 2 aromatic rings. The summed E-state index contributed by atoms with van der Waals surface area (Å²) in [5.41, 5.74) is 6.64. The maximum Gasteiger partial charge on any atom is 0.201 e. The van der Waals surface area contributed by atoms with E-state index in [1.807, 2.05) is 4.57 Å². The third-order valence-electron chi connectivity index (χ3n) is 5.56. The maximum atomic E-state index is 13.9. The lowest BCUT2D eigenvalue weighted by Crippen LogP contribution is -2.23. The van der Waals surface area contributed by atoms with Crippen molar-refractivity contribution in [1.29, 1.82) is 0 Å². The standard InChI is InChI=1S/C16H19F2N3/c1-8(12-5-9-2-3-10(12)4-9)21-14-7-11(17)6-13(18)15(14)20-16(21)19/h6-10,12H,2-5H2,1H3,(H2,19,20). The number of halogens is 2. The third kappa shape index (κ3) is 1.86. The molecule has 0 radical (unpaired) electrons. The minimum absolute atomic E-state index is 0.131. The fraction of sp³-hybridized carbons (Fsp3) is 0.562. The molecule has 4 rings (SSSR count). The predicted octanol–water partition coefficient (Wildman–Crippen LogP) is 3.89. The van der Waals surface area contributed by atoms with Crippen LogP contribution in [-0.4, -0.2) is 9.55 Å². The van der Waals surface area contributed by atoms with Crippen LogP contribution in [0.2, 0.25) is 0 Å². The Morgan fingerprint density at radius 3 is 2.76 bits per heavy atom. The Bertz CT molecular complexity index is 709. The first kappa shape index (κ1) is 13.0. The van der Waals surface area contributed by atoms with E-state index in [0.717, 1.165) is 17.9 Å². The summed E-state index contributed by atoms with van der Waals surface area (Å²) in [5, 5.41) is 0. The molecule has 2 saturated carbocycles. The summed E-state index contributed by atoms with van der Waals surface area (Å²) in [6, 6.07) is 2.33. The molecule has 1 aromatic carbocycles. The van der Waals surface area contributed by atoms with Gasteiger partial charge in [-0.15, -0.1) is 0 Å². The van der Waals surface area contributed by atoms with Crippen LogP contribution in [0.15, 0.2) is 12.1 Å². The number of anilines is 1. The van der Waals surface area contributed by atoms with Crippen molar-refractivity contribution >= 4 is 17.0 Å². The van der Waals surface area contributed by atoms with Crippen LogP contribution in [0.1, 0.15) is 38.6 Å². The Labute approximate surface area is 122 Å². The van der Waals surface area contributed by atoms with Gasteiger partial charge >= 0.3 is 0 Å². The van der Waals surface area contributed by atoms with Crippen molar-refractivity contribution in [1.82, 2.24) is 9.55 Å². The largest absolute Gasteiger partial charge is 0.369 e. The van der Waals surface area contributed by atoms with Crippen LogP contribution in [0.4, 0.5) is 14.7 Å². The molecule has 0 aliphatic heterocycles. The summed E-state index contributed by atoms with van der Waals surface area (Å²) in [6.45, 7) is 2.10. The minimum atomic E-state index is -0.643. The Balaban J connectivity index is 1.80. The fourth-order valence-corrected chi connectivity index (χ4v) is 4.64. The molecule has 2 fully saturated rings. The van der Waals surface area contributed by atoms with Crippen LogP contribution >= 0.6 is 0 Å². The van der Waals surface area contributed by atoms with E-state index in [9.17, 15) is 8.78 Å². The molecule has 2 N–H and O–H groups in total. The maximum absolute atomic E-state index is 13.9. The number of nitrogens with zero attached hydrogens (tertiary/aromatic N) is 2. The number of nitrogen functional groups attached to an aromatic ring is 1. The van der Waals surface area contributed by atoms with Crippen LogP contribution in [-0.2, 0) is 0 Å². The smallest absolute Gasteiger partial charge is 0.201 e. The zero-order valence-corrected chi connectivity index (χ0v) is 12.0. The SMILES string of the molecule is CC(C1CC2CCC1C2)n1c(N)nc2c(F)cc(F)cc21. The second-order valence-electron chi connectivity index (χ2n) is 6.67. The lowest BCUT2D eigenvalue weighted by Gasteiger charge is -2.29. The molecule has 1 aromatic heterocycles. The molecule has 2 aliphatic rings. The predicted molar refractivity (Wildman–Crippen MR) is 77.7 cm³/mol. The van der Waals surface area contributed by atoms with Gasteiger partial charge in [-0.2, -0.15) is 0 Å². The molecule has 5 heteroatoms. The average molecular weight is 291 g/mol. The topological polar surface area (TPSA) is 43.8 Å². The van der Waals surface area contributed by atoms with E-state index >= 15 is 0 Å². The number of aromatic nitrogens is 2. The zero-order chi connectivity index (χ0) is 14.7. The first-order valence-electron chi connectivity index (χ1n) is 7.67. The molecular weight excluding hydrogens is 272 g/mol. The van der Waals surface area contributed by atoms with Crippen LogP contribution in [0.5, 0.6) is 0 Å². The third-order valence-corrected chi connectivity index (χ3v) is 5.56. The number of benzene rings is 1. The number of hydrogen-bond donors (Lipinski definition) is 1. The van der Waals surface area contributed by atoms with Gasteiger partial charge in [0.2, 0.25) is 5.95 Å². The summed E-state index contributed by atoms with van der Waals surface area (Å²) >= 11 is 0. The van der Waals surface area contributed by atoms with Crippen molar-refractivity contribution in [3.05, 3.63) is 23.8 Å². The van der Waals surface area contributed by atoms with Gasteiger partial charge < -0.3 is 10.3 Å². The van der Waals surface area contributed by atoms with E-state index in [2.05, 4.69) is 11.9 Å². The zero-order valence-electron chi connectivity index (χ0n) is 12.0. The van der Waals surface area contributed by atoms with Crippen molar-refractivity contribution < 1.29 is 8.78 Å². The lowest BCUT2D eigenvalue weighted by molar-refractivity contribution is 0.248. The molecule has 112 valence electrons. The van der Waals surface area contributed by atoms with E-state index in [-0.39, 0.29) is 17.5 Å². The molecule has 0 saturated heterocycles. The Kier molecular flexibility index (Phi) is 2.75. The van der Waals surface area contributed by atoms with Gasteiger partial charge in [0.1, 0.15) is 11.3 Å². The highest BCUT2D eigenvalue weighted by molar-refractivity contribution is 5.79. The van der Waals surface area contributed by atoms with Gasteiger partial charge in [-0.1, -0.05) is 6.42 Å². The molecule has 21 heavy (non-hydrogen) atoms. The first-order chi connectivity index (χ1) is 10.0. The molecule has 1 heterocycles. The van der Waals surface area contributed by atoms with E-state index in [4.69, 9.17) is 5.73 Å². The Morgan fingerprint density at radius 2 is 2.10 bits per heavy atom. The van der Waals surface area contributed by atoms with E-state index in [0.29, 0.717) is 11.4 Å². The first-order valence-corrected chi connectivity index (χ1v) is 7.67. The molecular formula is C16H19F2N3. The summed E-state index contributed by atoms with van der Waals surface area (Å²) in [6.07, 6.45) is 5.10. The summed E-state index contributed by atoms with van der Waals surface area (Å²) in [4.78, 5) is 4.11. The van der Waals surface area contributed by atoms with E-state index in [1.54, 1.807) is 0 Å². The molecule has 0 spiro atoms. The van der Waals surface area contributed by atoms with Gasteiger partial charge in [0.05, 0.1) is 5.52 Å². The van der Waals surface area contributed by atoms with Gasteiger partial charge in [0.25, 0.3) is 0 Å². The quantitative estimate of drug-likeness (QED) is 0.912. The minimum Gasteiger partial charge on any atom is -0.369 e. The van der Waals surface area contributed by atoms with E-state index in [1.165, 1.54) is 31.7 Å². The van der Waals surface area contributed by atoms with Crippen molar-refractivity contribution in [2.75, 3.05) is 5.73 Å². The molecule has 3 nitrogen and oxygen atoms in total. The van der Waals surface area contributed by atoms with Gasteiger partial charge in [-0.3, -0.25) is 0 Å². The highest BCUT2D eigenvalue weighted by Crippen LogP contribution is 2.52. The molecule has 2 bridgehead atoms. The van der Waals surface area contributed by atoms with Gasteiger partial charge in [-0.05, 0) is 43.9 Å². The van der Waals surface area contributed by atoms with Crippen LogP contribution < -0.4 is 5.73 Å². The average Bonchev–Trinajstić information content (AvgIpc) is 3.11. The van der Waals surface area contributed by atoms with Gasteiger partial charge in [-0.25, -0.2) is 13.8 Å². The monoisotopic (exact) mass is 291 g/mol. The normalized spacial score (nSPS) is 29.4. The number of hydrogen-bond acceptors (Lipinski definition) is 2. The summed E-state index contributed by atoms with van der Waals surface area (Å²) in [5.74, 6) is 1.14. The van der Waals surface area contributed by atoms with Crippen molar-refractivity contribution in [3.63, 3.8) is 0 Å². The number of nitrogens with two attached hydrogens (primary N) is 1. The van der Waals surface area contributed by atoms with Gasteiger partial charge in [0, 0.05) is 18.2 Å². The second-order valence-corrected chi connectivity index (χ2v) is 6.67. The Hall–Kier alpha value is -1.65. The van der Waals surface area contributed by atoms with Gasteiger partial charge in [0.15, 0.2) is 5.82 Å². The second kappa shape index (κ2) is 4.42. The number of rotatable bonds is 2. The van der Waals surface area contributed by atoms with Crippen molar-refractivity contribution in [2.45, 2.75) is 38.6 Å². The molecule has 0 amide bonds. The molecule has 4 atom stereocenters. The van der Waals surface area contributed by atoms with E-state index < -0.39 is 11.6 Å². The highest BCUT2D eigenvalue weighted by atomic mass is 19.1.